The maximum absolute atomic E-state index is 2.53. The van der Waals surface area contributed by atoms with Gasteiger partial charge in [-0.15, -0.1) is 0 Å². The lowest BCUT2D eigenvalue weighted by molar-refractivity contribution is 1.40. The Morgan fingerprint density at radius 1 is 0.296 bits per heavy atom. The van der Waals surface area contributed by atoms with Crippen molar-refractivity contribution in [3.8, 4) is 11.1 Å². The van der Waals surface area contributed by atoms with Crippen LogP contribution in [0, 0.1) is 55.4 Å². The summed E-state index contributed by atoms with van der Waals surface area (Å²) in [4.78, 5) is 0. The highest BCUT2D eigenvalue weighted by atomic mass is 31.1. The molecule has 0 aliphatic heterocycles. The van der Waals surface area contributed by atoms with Crippen molar-refractivity contribution in [3.63, 3.8) is 0 Å². The van der Waals surface area contributed by atoms with Crippen LogP contribution in [0.15, 0.2) is 146 Å². The summed E-state index contributed by atoms with van der Waals surface area (Å²) in [6.45, 7) is 17.9. The van der Waals surface area contributed by atoms with Crippen LogP contribution in [0.5, 0.6) is 0 Å². The van der Waals surface area contributed by atoms with Crippen LogP contribution in [0.3, 0.4) is 0 Å². The van der Waals surface area contributed by atoms with Crippen LogP contribution in [0.2, 0.25) is 0 Å². The predicted octanol–water partition coefficient (Wildman–Crippen LogP) is 11.6. The molecule has 0 aliphatic carbocycles. The first-order chi connectivity index (χ1) is 26.0. The van der Waals surface area contributed by atoms with E-state index >= 15 is 0 Å². The molecule has 0 bridgehead atoms. The number of fused-ring (bicyclic) bond motifs is 2. The molecule has 0 aliphatic rings. The van der Waals surface area contributed by atoms with Gasteiger partial charge in [-0.1, -0.05) is 184 Å². The van der Waals surface area contributed by atoms with Crippen molar-refractivity contribution in [2.24, 2.45) is 0 Å². The maximum Gasteiger partial charge on any atom is -0.00155 e. The lowest BCUT2D eigenvalue weighted by atomic mass is 9.94. The standard InChI is InChI=1S/C52H48P2/c1-33-20-34(2)25-44(24-33)53(45-26-35(3)21-36(4)27-45)43-18-16-42-13-11-15-49(50(42)32-43)52-48-14-10-9-12-41(48)17-19-51(52)54(46-28-37(5)22-38(6)29-46)47-30-39(7)23-40(8)31-47/h9-32H,1-8H3. The lowest BCUT2D eigenvalue weighted by Crippen LogP contribution is -2.24. The zero-order valence-electron chi connectivity index (χ0n) is 32.8. The molecule has 266 valence electrons. The van der Waals surface area contributed by atoms with E-state index in [1.54, 1.807) is 0 Å². The second-order valence-electron chi connectivity index (χ2n) is 15.4. The molecule has 0 saturated heterocycles. The van der Waals surface area contributed by atoms with Crippen molar-refractivity contribution in [1.29, 1.82) is 0 Å². The molecule has 0 unspecified atom stereocenters. The largest absolute Gasteiger partial charge is 0.0616 e. The third-order valence-electron chi connectivity index (χ3n) is 10.4. The van der Waals surface area contributed by atoms with Gasteiger partial charge in [0.1, 0.15) is 0 Å². The average molecular weight is 735 g/mol. The SMILES string of the molecule is Cc1cc(C)cc(P(c2cc(C)cc(C)c2)c2ccc3cccc(-c4c(P(c5cc(C)cc(C)c5)c5cc(C)cc(C)c5)ccc5ccccc45)c3c2)c1. The minimum Gasteiger partial charge on any atom is -0.0616 e. The molecule has 8 rings (SSSR count). The monoisotopic (exact) mass is 734 g/mol. The van der Waals surface area contributed by atoms with Crippen LogP contribution >= 0.6 is 15.8 Å². The lowest BCUT2D eigenvalue weighted by Gasteiger charge is -2.26. The van der Waals surface area contributed by atoms with Crippen LogP contribution in [0.4, 0.5) is 0 Å². The Morgan fingerprint density at radius 2 is 0.704 bits per heavy atom. The summed E-state index contributed by atoms with van der Waals surface area (Å²) in [6, 6.07) is 56.6. The Labute approximate surface area is 324 Å². The molecule has 0 heterocycles. The summed E-state index contributed by atoms with van der Waals surface area (Å²) in [5, 5.41) is 13.6. The molecule has 0 amide bonds. The molecule has 0 aromatic heterocycles. The van der Waals surface area contributed by atoms with Gasteiger partial charge in [0.25, 0.3) is 0 Å². The molecule has 0 saturated carbocycles. The third kappa shape index (κ3) is 7.19. The van der Waals surface area contributed by atoms with Crippen molar-refractivity contribution in [2.45, 2.75) is 55.4 Å². The first-order valence-electron chi connectivity index (χ1n) is 19.0. The van der Waals surface area contributed by atoms with Crippen molar-refractivity contribution < 1.29 is 0 Å². The predicted molar refractivity (Wildman–Crippen MR) is 242 cm³/mol. The Bertz CT molecular complexity index is 2530. The van der Waals surface area contributed by atoms with Crippen LogP contribution in [0.25, 0.3) is 32.7 Å². The number of hydrogen-bond acceptors (Lipinski definition) is 0. The van der Waals surface area contributed by atoms with Gasteiger partial charge in [-0.05, 0) is 142 Å². The van der Waals surface area contributed by atoms with Crippen LogP contribution < -0.4 is 31.8 Å². The van der Waals surface area contributed by atoms with E-state index in [2.05, 4.69) is 201 Å². The van der Waals surface area contributed by atoms with Gasteiger partial charge in [-0.25, -0.2) is 0 Å². The molecule has 0 atom stereocenters. The highest BCUT2D eigenvalue weighted by Crippen LogP contribution is 2.44. The van der Waals surface area contributed by atoms with E-state index in [1.807, 2.05) is 0 Å². The highest BCUT2D eigenvalue weighted by Gasteiger charge is 2.25. The second kappa shape index (κ2) is 14.8. The zero-order chi connectivity index (χ0) is 37.7. The van der Waals surface area contributed by atoms with Gasteiger partial charge in [0, 0.05) is 0 Å². The number of benzene rings is 8. The van der Waals surface area contributed by atoms with Crippen molar-refractivity contribution in [2.75, 3.05) is 0 Å². The van der Waals surface area contributed by atoms with E-state index in [-0.39, 0.29) is 0 Å². The van der Waals surface area contributed by atoms with Gasteiger partial charge < -0.3 is 0 Å². The fourth-order valence-electron chi connectivity index (χ4n) is 8.54. The molecule has 0 radical (unpaired) electrons. The van der Waals surface area contributed by atoms with E-state index < -0.39 is 15.8 Å². The van der Waals surface area contributed by atoms with E-state index in [4.69, 9.17) is 0 Å². The summed E-state index contributed by atoms with van der Waals surface area (Å²) >= 11 is 0. The molecule has 0 N–H and O–H groups in total. The molecular formula is C52H48P2. The van der Waals surface area contributed by atoms with Gasteiger partial charge in [0.05, 0.1) is 0 Å². The number of aryl methyl sites for hydroxylation is 8. The summed E-state index contributed by atoms with van der Waals surface area (Å²) in [5.74, 6) is 0. The molecule has 8 aromatic rings. The first-order valence-corrected chi connectivity index (χ1v) is 21.7. The summed E-state index contributed by atoms with van der Waals surface area (Å²) < 4.78 is 0. The Morgan fingerprint density at radius 3 is 1.20 bits per heavy atom. The summed E-state index contributed by atoms with van der Waals surface area (Å²) in [5.41, 5.74) is 13.2. The quantitative estimate of drug-likeness (QED) is 0.143. The first kappa shape index (κ1) is 36.1. The minimum absolute atomic E-state index is 0.803. The van der Waals surface area contributed by atoms with E-state index in [0.29, 0.717) is 0 Å². The Kier molecular flexibility index (Phi) is 9.87. The van der Waals surface area contributed by atoms with Gasteiger partial charge >= 0.3 is 0 Å². The molecule has 8 aromatic carbocycles. The topological polar surface area (TPSA) is 0 Å². The van der Waals surface area contributed by atoms with E-state index in [9.17, 15) is 0 Å². The molecule has 0 fully saturated rings. The smallest absolute Gasteiger partial charge is 0.00155 e. The Balaban J connectivity index is 1.44. The minimum atomic E-state index is -0.887. The van der Waals surface area contributed by atoms with E-state index in [0.717, 1.165) is 0 Å². The van der Waals surface area contributed by atoms with Gasteiger partial charge in [0.2, 0.25) is 0 Å². The molecule has 0 spiro atoms. The van der Waals surface area contributed by atoms with Crippen molar-refractivity contribution >= 4 is 69.2 Å². The van der Waals surface area contributed by atoms with Crippen LogP contribution in [-0.4, -0.2) is 0 Å². The van der Waals surface area contributed by atoms with E-state index in [1.165, 1.54) is 109 Å². The number of hydrogen-bond donors (Lipinski definition) is 0. The fourth-order valence-corrected chi connectivity index (χ4v) is 14.1. The normalized spacial score (nSPS) is 11.7. The zero-order valence-corrected chi connectivity index (χ0v) is 34.5. The van der Waals surface area contributed by atoms with Gasteiger partial charge in [-0.2, -0.15) is 0 Å². The van der Waals surface area contributed by atoms with Gasteiger partial charge in [-0.3, -0.25) is 0 Å². The van der Waals surface area contributed by atoms with Crippen molar-refractivity contribution in [1.82, 2.24) is 0 Å². The molecular weight excluding hydrogens is 687 g/mol. The number of rotatable bonds is 7. The molecule has 2 heteroatoms. The Hall–Kier alpha value is -4.86. The van der Waals surface area contributed by atoms with Crippen LogP contribution in [0.1, 0.15) is 44.5 Å². The molecule has 54 heavy (non-hydrogen) atoms. The highest BCUT2D eigenvalue weighted by molar-refractivity contribution is 7.80. The van der Waals surface area contributed by atoms with Gasteiger partial charge in [0.15, 0.2) is 0 Å². The third-order valence-corrected chi connectivity index (χ3v) is 15.1. The maximum atomic E-state index is 2.53. The van der Waals surface area contributed by atoms with Crippen molar-refractivity contribution in [3.05, 3.63) is 190 Å². The summed E-state index contributed by atoms with van der Waals surface area (Å²) in [7, 11) is -1.69. The fraction of sp³-hybridized carbons (Fsp3) is 0.154. The average Bonchev–Trinajstić information content (AvgIpc) is 3.10. The second-order valence-corrected chi connectivity index (χ2v) is 19.9. The summed E-state index contributed by atoms with van der Waals surface area (Å²) in [6.07, 6.45) is 0. The van der Waals surface area contributed by atoms with Crippen LogP contribution in [-0.2, 0) is 0 Å². The molecule has 0 nitrogen and oxygen atoms in total.